The number of piperidine rings is 1. The summed E-state index contributed by atoms with van der Waals surface area (Å²) in [5, 5.41) is 3.90. The van der Waals surface area contributed by atoms with Gasteiger partial charge in [0.2, 0.25) is 5.91 Å². The van der Waals surface area contributed by atoms with Crippen molar-refractivity contribution in [3.63, 3.8) is 0 Å². The Morgan fingerprint density at radius 2 is 2.00 bits per heavy atom. The van der Waals surface area contributed by atoms with Crippen LogP contribution >= 0.6 is 11.6 Å². The summed E-state index contributed by atoms with van der Waals surface area (Å²) >= 11 is 5.92. The SMILES string of the molecule is CCOc1cc2ncnc(Nc3ccc(F)c(Cl)c3)c2cc1OC1CCN(C(=O)COC)CC1. The number of likely N-dealkylation sites (tertiary alicyclic amines) is 1. The fraction of sp³-hybridized carbons (Fsp3) is 0.375. The van der Waals surface area contributed by atoms with E-state index in [4.69, 9.17) is 25.8 Å². The van der Waals surface area contributed by atoms with Gasteiger partial charge in [-0.15, -0.1) is 0 Å². The lowest BCUT2D eigenvalue weighted by atomic mass is 10.1. The molecule has 3 aromatic rings. The number of ether oxygens (including phenoxy) is 3. The number of methoxy groups -OCH3 is 1. The molecule has 1 aliphatic rings. The standard InChI is InChI=1S/C24H26ClFN4O4/c1-3-33-21-12-20-17(24(28-14-27-20)29-15-4-5-19(26)18(25)10-15)11-22(21)34-16-6-8-30(9-7-16)23(31)13-32-2/h4-5,10-12,14,16H,3,6-9,13H2,1-2H3,(H,27,28,29). The van der Waals surface area contributed by atoms with Gasteiger partial charge in [-0.05, 0) is 31.2 Å². The summed E-state index contributed by atoms with van der Waals surface area (Å²) in [6.07, 6.45) is 2.77. The highest BCUT2D eigenvalue weighted by Gasteiger charge is 2.25. The molecule has 34 heavy (non-hydrogen) atoms. The first-order valence-corrected chi connectivity index (χ1v) is 11.4. The Hall–Kier alpha value is -3.17. The van der Waals surface area contributed by atoms with Crippen molar-refractivity contribution in [1.29, 1.82) is 0 Å². The lowest BCUT2D eigenvalue weighted by Crippen LogP contribution is -2.43. The van der Waals surface area contributed by atoms with Gasteiger partial charge in [-0.25, -0.2) is 14.4 Å². The second kappa shape index (κ2) is 10.8. The van der Waals surface area contributed by atoms with Gasteiger partial charge in [-0.3, -0.25) is 4.79 Å². The number of anilines is 2. The quantitative estimate of drug-likeness (QED) is 0.496. The Morgan fingerprint density at radius 3 is 2.71 bits per heavy atom. The Kier molecular flexibility index (Phi) is 7.64. The van der Waals surface area contributed by atoms with Crippen LogP contribution in [0, 0.1) is 5.82 Å². The number of halogens is 2. The molecule has 4 rings (SSSR count). The monoisotopic (exact) mass is 488 g/mol. The Balaban J connectivity index is 1.58. The molecule has 0 aliphatic carbocycles. The van der Waals surface area contributed by atoms with Crippen LogP contribution in [-0.2, 0) is 9.53 Å². The molecule has 0 unspecified atom stereocenters. The Labute approximate surface area is 202 Å². The number of aromatic nitrogens is 2. The fourth-order valence-electron chi connectivity index (χ4n) is 3.85. The summed E-state index contributed by atoms with van der Waals surface area (Å²) < 4.78 is 30.6. The minimum absolute atomic E-state index is 0.0151. The fourth-order valence-corrected chi connectivity index (χ4v) is 4.03. The number of carbonyl (C=O) groups is 1. The molecule has 0 spiro atoms. The summed E-state index contributed by atoms with van der Waals surface area (Å²) in [6.45, 7) is 3.66. The molecule has 0 bridgehead atoms. The van der Waals surface area contributed by atoms with Gasteiger partial charge in [0.05, 0.1) is 17.1 Å². The number of amides is 1. The predicted molar refractivity (Wildman–Crippen MR) is 128 cm³/mol. The average molecular weight is 489 g/mol. The molecule has 0 radical (unpaired) electrons. The van der Waals surface area contributed by atoms with E-state index in [1.165, 1.54) is 25.6 Å². The van der Waals surface area contributed by atoms with Crippen LogP contribution in [0.15, 0.2) is 36.7 Å². The van der Waals surface area contributed by atoms with E-state index in [0.29, 0.717) is 66.4 Å². The van der Waals surface area contributed by atoms with Crippen molar-refractivity contribution in [2.24, 2.45) is 0 Å². The summed E-state index contributed by atoms with van der Waals surface area (Å²) in [6, 6.07) is 8.03. The van der Waals surface area contributed by atoms with Gasteiger partial charge in [0.15, 0.2) is 11.5 Å². The van der Waals surface area contributed by atoms with Crippen LogP contribution in [0.5, 0.6) is 11.5 Å². The normalized spacial score (nSPS) is 14.3. The maximum atomic E-state index is 13.5. The highest BCUT2D eigenvalue weighted by molar-refractivity contribution is 6.31. The van der Waals surface area contributed by atoms with Gasteiger partial charge in [0, 0.05) is 50.2 Å². The lowest BCUT2D eigenvalue weighted by molar-refractivity contribution is -0.136. The number of hydrogen-bond donors (Lipinski definition) is 1. The molecule has 1 amide bonds. The third-order valence-electron chi connectivity index (χ3n) is 5.54. The molecule has 1 fully saturated rings. The molecule has 180 valence electrons. The van der Waals surface area contributed by atoms with Crippen molar-refractivity contribution < 1.29 is 23.4 Å². The number of fused-ring (bicyclic) bond motifs is 1. The average Bonchev–Trinajstić information content (AvgIpc) is 2.83. The van der Waals surface area contributed by atoms with Gasteiger partial charge in [0.1, 0.15) is 30.7 Å². The number of benzene rings is 2. The summed E-state index contributed by atoms with van der Waals surface area (Å²) in [5.74, 6) is 1.18. The molecule has 1 aliphatic heterocycles. The molecule has 0 saturated carbocycles. The largest absolute Gasteiger partial charge is 0.490 e. The highest BCUT2D eigenvalue weighted by Crippen LogP contribution is 2.36. The molecule has 10 heteroatoms. The van der Waals surface area contributed by atoms with Crippen LogP contribution in [0.2, 0.25) is 5.02 Å². The smallest absolute Gasteiger partial charge is 0.248 e. The van der Waals surface area contributed by atoms with E-state index in [1.54, 1.807) is 11.0 Å². The van der Waals surface area contributed by atoms with E-state index < -0.39 is 5.82 Å². The second-order valence-corrected chi connectivity index (χ2v) is 8.26. The molecule has 1 aromatic heterocycles. The van der Waals surface area contributed by atoms with Gasteiger partial charge >= 0.3 is 0 Å². The number of hydrogen-bond acceptors (Lipinski definition) is 7. The first-order valence-electron chi connectivity index (χ1n) is 11.1. The maximum Gasteiger partial charge on any atom is 0.248 e. The topological polar surface area (TPSA) is 85.8 Å². The van der Waals surface area contributed by atoms with Gasteiger partial charge < -0.3 is 24.4 Å². The maximum absolute atomic E-state index is 13.5. The van der Waals surface area contributed by atoms with Crippen LogP contribution in [0.3, 0.4) is 0 Å². The van der Waals surface area contributed by atoms with Crippen LogP contribution in [0.25, 0.3) is 10.9 Å². The molecule has 2 aromatic carbocycles. The van der Waals surface area contributed by atoms with Gasteiger partial charge in [-0.1, -0.05) is 11.6 Å². The van der Waals surface area contributed by atoms with Crippen molar-refractivity contribution in [2.75, 3.05) is 38.7 Å². The predicted octanol–water partition coefficient (Wildman–Crippen LogP) is 4.58. The van der Waals surface area contributed by atoms with Gasteiger partial charge in [-0.2, -0.15) is 0 Å². The zero-order chi connectivity index (χ0) is 24.1. The molecule has 2 heterocycles. The third-order valence-corrected chi connectivity index (χ3v) is 5.83. The summed E-state index contributed by atoms with van der Waals surface area (Å²) in [4.78, 5) is 22.6. The molecule has 1 N–H and O–H groups in total. The van der Waals surface area contributed by atoms with Crippen molar-refractivity contribution in [2.45, 2.75) is 25.9 Å². The zero-order valence-electron chi connectivity index (χ0n) is 19.0. The number of nitrogens with zero attached hydrogens (tertiary/aromatic N) is 3. The lowest BCUT2D eigenvalue weighted by Gasteiger charge is -2.32. The van der Waals surface area contributed by atoms with Crippen LogP contribution in [0.4, 0.5) is 15.9 Å². The molecular formula is C24H26ClFN4O4. The minimum Gasteiger partial charge on any atom is -0.490 e. The Bertz CT molecular complexity index is 1170. The van der Waals surface area contributed by atoms with E-state index in [2.05, 4.69) is 15.3 Å². The molecule has 1 saturated heterocycles. The first kappa shape index (κ1) is 24.0. The second-order valence-electron chi connectivity index (χ2n) is 7.86. The van der Waals surface area contributed by atoms with E-state index in [-0.39, 0.29) is 23.6 Å². The number of carbonyl (C=O) groups excluding carboxylic acids is 1. The number of nitrogens with one attached hydrogen (secondary N) is 1. The summed E-state index contributed by atoms with van der Waals surface area (Å²) in [5.41, 5.74) is 1.26. The highest BCUT2D eigenvalue weighted by atomic mass is 35.5. The van der Waals surface area contributed by atoms with Crippen LogP contribution in [0.1, 0.15) is 19.8 Å². The van der Waals surface area contributed by atoms with Crippen molar-refractivity contribution in [3.8, 4) is 11.5 Å². The minimum atomic E-state index is -0.494. The van der Waals surface area contributed by atoms with Gasteiger partial charge in [0.25, 0.3) is 0 Å². The van der Waals surface area contributed by atoms with Crippen LogP contribution < -0.4 is 14.8 Å². The third kappa shape index (κ3) is 5.48. The van der Waals surface area contributed by atoms with Crippen molar-refractivity contribution in [1.82, 2.24) is 14.9 Å². The van der Waals surface area contributed by atoms with E-state index >= 15 is 0 Å². The van der Waals surface area contributed by atoms with Crippen LogP contribution in [-0.4, -0.2) is 60.3 Å². The number of rotatable bonds is 8. The zero-order valence-corrected chi connectivity index (χ0v) is 19.8. The van der Waals surface area contributed by atoms with E-state index in [0.717, 1.165) is 0 Å². The molecule has 8 nitrogen and oxygen atoms in total. The molecule has 0 atom stereocenters. The first-order chi connectivity index (χ1) is 16.5. The van der Waals surface area contributed by atoms with E-state index in [1.807, 2.05) is 19.1 Å². The van der Waals surface area contributed by atoms with E-state index in [9.17, 15) is 9.18 Å². The summed E-state index contributed by atoms with van der Waals surface area (Å²) in [7, 11) is 1.51. The van der Waals surface area contributed by atoms with Crippen molar-refractivity contribution >= 4 is 39.9 Å². The molecular weight excluding hydrogens is 463 g/mol. The Morgan fingerprint density at radius 1 is 1.21 bits per heavy atom. The van der Waals surface area contributed by atoms with Crippen molar-refractivity contribution in [3.05, 3.63) is 47.5 Å².